The quantitative estimate of drug-likeness (QED) is 0.547. The van der Waals surface area contributed by atoms with Crippen LogP contribution in [-0.4, -0.2) is 32.3 Å². The van der Waals surface area contributed by atoms with E-state index in [4.69, 9.17) is 4.74 Å². The second-order valence-corrected chi connectivity index (χ2v) is 6.65. The van der Waals surface area contributed by atoms with Crippen LogP contribution in [0, 0.1) is 0 Å². The van der Waals surface area contributed by atoms with Crippen molar-refractivity contribution in [2.24, 2.45) is 4.99 Å². The summed E-state index contributed by atoms with van der Waals surface area (Å²) in [6.45, 7) is 2.66. The Morgan fingerprint density at radius 3 is 2.46 bits per heavy atom. The number of halogens is 3. The van der Waals surface area contributed by atoms with Crippen LogP contribution < -0.4 is 15.4 Å². The van der Waals surface area contributed by atoms with Crippen molar-refractivity contribution in [1.82, 2.24) is 10.6 Å². The summed E-state index contributed by atoms with van der Waals surface area (Å²) in [6, 6.07) is 11.8. The zero-order chi connectivity index (χ0) is 19.0. The second kappa shape index (κ2) is 9.47. The number of rotatable bonds is 7. The molecule has 1 heterocycles. The van der Waals surface area contributed by atoms with E-state index in [-0.39, 0.29) is 6.54 Å². The molecule has 0 radical (unpaired) electrons. The number of nitrogens with zero attached hydrogens (tertiary/aromatic N) is 1. The lowest BCUT2D eigenvalue weighted by molar-refractivity contribution is -0.132. The third kappa shape index (κ3) is 6.59. The summed E-state index contributed by atoms with van der Waals surface area (Å²) in [5, 5.41) is 5.66. The molecule has 8 heteroatoms. The highest BCUT2D eigenvalue weighted by molar-refractivity contribution is 7.15. The summed E-state index contributed by atoms with van der Waals surface area (Å²) in [4.78, 5) is 6.49. The number of methoxy groups -OCH3 is 1. The molecule has 1 aromatic carbocycles. The summed E-state index contributed by atoms with van der Waals surface area (Å²) >= 11 is 1.60. The minimum Gasteiger partial charge on any atom is -0.497 e. The minimum atomic E-state index is -4.18. The van der Waals surface area contributed by atoms with Gasteiger partial charge in [0.25, 0.3) is 0 Å². The smallest absolute Gasteiger partial charge is 0.390 e. The monoisotopic (exact) mass is 385 g/mol. The Kier molecular flexibility index (Phi) is 7.32. The third-order valence-electron chi connectivity index (χ3n) is 3.47. The van der Waals surface area contributed by atoms with Gasteiger partial charge >= 0.3 is 6.18 Å². The number of thiophene rings is 1. The van der Waals surface area contributed by atoms with Crippen LogP contribution in [-0.2, 0) is 6.54 Å². The third-order valence-corrected chi connectivity index (χ3v) is 4.59. The van der Waals surface area contributed by atoms with Crippen LogP contribution in [0.15, 0.2) is 41.4 Å². The molecule has 0 aliphatic carbocycles. The van der Waals surface area contributed by atoms with Gasteiger partial charge in [0.15, 0.2) is 5.96 Å². The average molecular weight is 385 g/mol. The number of aliphatic imine (C=N–C) groups is 1. The molecule has 0 unspecified atom stereocenters. The first-order chi connectivity index (χ1) is 12.4. The largest absolute Gasteiger partial charge is 0.497 e. The molecule has 4 nitrogen and oxygen atoms in total. The fraction of sp³-hybridized carbons (Fsp3) is 0.389. The number of nitrogens with one attached hydrogen (secondary N) is 2. The molecule has 1 aromatic heterocycles. The van der Waals surface area contributed by atoms with E-state index in [1.165, 1.54) is 0 Å². The van der Waals surface area contributed by atoms with Gasteiger partial charge in [-0.05, 0) is 48.9 Å². The molecule has 0 spiro atoms. The number of guanidine groups is 1. The Balaban J connectivity index is 1.97. The SMILES string of the molecule is CCNC(=NCc1ccc(-c2ccc(OC)cc2)s1)NCCC(F)(F)F. The predicted molar refractivity (Wildman–Crippen MR) is 99.8 cm³/mol. The summed E-state index contributed by atoms with van der Waals surface area (Å²) in [7, 11) is 1.63. The van der Waals surface area contributed by atoms with Crippen molar-refractivity contribution in [1.29, 1.82) is 0 Å². The van der Waals surface area contributed by atoms with Crippen molar-refractivity contribution in [3.05, 3.63) is 41.3 Å². The minimum absolute atomic E-state index is 0.198. The van der Waals surface area contributed by atoms with Crippen molar-refractivity contribution < 1.29 is 17.9 Å². The topological polar surface area (TPSA) is 45.7 Å². The highest BCUT2D eigenvalue weighted by Gasteiger charge is 2.26. The van der Waals surface area contributed by atoms with Crippen LogP contribution in [0.3, 0.4) is 0 Å². The number of alkyl halides is 3. The van der Waals surface area contributed by atoms with E-state index >= 15 is 0 Å². The molecule has 2 N–H and O–H groups in total. The van der Waals surface area contributed by atoms with Gasteiger partial charge in [0.05, 0.1) is 20.1 Å². The molecule has 0 amide bonds. The molecule has 0 aliphatic heterocycles. The van der Waals surface area contributed by atoms with Crippen LogP contribution in [0.4, 0.5) is 13.2 Å². The summed E-state index contributed by atoms with van der Waals surface area (Å²) in [5.74, 6) is 1.19. The van der Waals surface area contributed by atoms with Gasteiger partial charge in [-0.3, -0.25) is 0 Å². The lowest BCUT2D eigenvalue weighted by atomic mass is 10.2. The van der Waals surface area contributed by atoms with Crippen LogP contribution >= 0.6 is 11.3 Å². The summed E-state index contributed by atoms with van der Waals surface area (Å²) in [6.07, 6.45) is -5.07. The van der Waals surface area contributed by atoms with Crippen LogP contribution in [0.2, 0.25) is 0 Å². The molecule has 0 bridgehead atoms. The van der Waals surface area contributed by atoms with Crippen LogP contribution in [0.5, 0.6) is 5.75 Å². The fourth-order valence-corrected chi connectivity index (χ4v) is 3.13. The van der Waals surface area contributed by atoms with E-state index in [0.717, 1.165) is 21.1 Å². The Morgan fingerprint density at radius 1 is 1.12 bits per heavy atom. The van der Waals surface area contributed by atoms with Crippen molar-refractivity contribution in [3.63, 3.8) is 0 Å². The van der Waals surface area contributed by atoms with Gasteiger partial charge in [0, 0.05) is 22.8 Å². The zero-order valence-electron chi connectivity index (χ0n) is 14.7. The standard InChI is InChI=1S/C18H22F3N3OS/c1-3-22-17(23-11-10-18(19,20)21)24-12-15-8-9-16(26-15)13-4-6-14(25-2)7-5-13/h4-9H,3,10-12H2,1-2H3,(H2,22,23,24). The second-order valence-electron chi connectivity index (χ2n) is 5.48. The Morgan fingerprint density at radius 2 is 1.85 bits per heavy atom. The van der Waals surface area contributed by atoms with Gasteiger partial charge in [-0.15, -0.1) is 11.3 Å². The van der Waals surface area contributed by atoms with Crippen molar-refractivity contribution >= 4 is 17.3 Å². The molecule has 142 valence electrons. The Labute approximate surface area is 155 Å². The normalized spacial score (nSPS) is 12.1. The molecule has 0 fully saturated rings. The first-order valence-electron chi connectivity index (χ1n) is 8.23. The fourth-order valence-electron chi connectivity index (χ4n) is 2.19. The maximum absolute atomic E-state index is 12.2. The van der Waals surface area contributed by atoms with Gasteiger partial charge in [-0.1, -0.05) is 0 Å². The molecule has 2 rings (SSSR count). The molecule has 2 aromatic rings. The number of hydrogen-bond donors (Lipinski definition) is 2. The Bertz CT molecular complexity index is 711. The lowest BCUT2D eigenvalue weighted by Gasteiger charge is -2.12. The van der Waals surface area contributed by atoms with E-state index in [0.29, 0.717) is 19.0 Å². The van der Waals surface area contributed by atoms with Gasteiger partial charge in [-0.25, -0.2) is 4.99 Å². The van der Waals surface area contributed by atoms with Gasteiger partial charge < -0.3 is 15.4 Å². The predicted octanol–water partition coefficient (Wildman–Crippen LogP) is 4.43. The highest BCUT2D eigenvalue weighted by atomic mass is 32.1. The van der Waals surface area contributed by atoms with E-state index in [1.807, 2.05) is 43.3 Å². The van der Waals surface area contributed by atoms with Gasteiger partial charge in [-0.2, -0.15) is 13.2 Å². The van der Waals surface area contributed by atoms with E-state index in [9.17, 15) is 13.2 Å². The molecule has 0 aliphatic rings. The maximum atomic E-state index is 12.2. The lowest BCUT2D eigenvalue weighted by Crippen LogP contribution is -2.38. The average Bonchev–Trinajstić information content (AvgIpc) is 3.07. The first kappa shape index (κ1) is 20.1. The van der Waals surface area contributed by atoms with Gasteiger partial charge in [0.2, 0.25) is 0 Å². The molecular weight excluding hydrogens is 363 g/mol. The summed E-state index contributed by atoms with van der Waals surface area (Å²) < 4.78 is 41.9. The Hall–Kier alpha value is -2.22. The number of hydrogen-bond acceptors (Lipinski definition) is 3. The molecule has 0 saturated heterocycles. The number of ether oxygens (including phenoxy) is 1. The van der Waals surface area contributed by atoms with Crippen molar-refractivity contribution in [2.45, 2.75) is 26.1 Å². The van der Waals surface area contributed by atoms with Crippen molar-refractivity contribution in [2.75, 3.05) is 20.2 Å². The zero-order valence-corrected chi connectivity index (χ0v) is 15.5. The molecular formula is C18H22F3N3OS. The van der Waals surface area contributed by atoms with Crippen LogP contribution in [0.25, 0.3) is 10.4 Å². The van der Waals surface area contributed by atoms with E-state index in [2.05, 4.69) is 15.6 Å². The van der Waals surface area contributed by atoms with Crippen molar-refractivity contribution in [3.8, 4) is 16.2 Å². The van der Waals surface area contributed by atoms with E-state index < -0.39 is 12.6 Å². The molecule has 26 heavy (non-hydrogen) atoms. The number of benzene rings is 1. The molecule has 0 saturated carbocycles. The molecule has 0 atom stereocenters. The summed E-state index contributed by atoms with van der Waals surface area (Å²) in [5.41, 5.74) is 1.08. The van der Waals surface area contributed by atoms with E-state index in [1.54, 1.807) is 18.4 Å². The maximum Gasteiger partial charge on any atom is 0.390 e. The van der Waals surface area contributed by atoms with Gasteiger partial charge in [0.1, 0.15) is 5.75 Å². The highest BCUT2D eigenvalue weighted by Crippen LogP contribution is 2.29. The van der Waals surface area contributed by atoms with Crippen LogP contribution in [0.1, 0.15) is 18.2 Å². The first-order valence-corrected chi connectivity index (χ1v) is 9.05.